The molecule has 0 unspecified atom stereocenters. The largest absolute Gasteiger partial charge is 0.462 e. The molecule has 584 valence electrons. The lowest BCUT2D eigenvalue weighted by Crippen LogP contribution is -2.50. The molecule has 4 saturated heterocycles. The number of nitriles is 3. The normalized spacial score (nSPS) is 21.1. The number of carbonyl (C=O) groups is 8. The second kappa shape index (κ2) is 35.2. The first-order chi connectivity index (χ1) is 53.5. The van der Waals surface area contributed by atoms with Crippen LogP contribution < -0.4 is 21.3 Å². The van der Waals surface area contributed by atoms with Gasteiger partial charge in [0.15, 0.2) is 0 Å². The quantitative estimate of drug-likeness (QED) is 0.0260. The molecular weight excluding hydrogens is 1430 g/mol. The molecule has 31 nitrogen and oxygen atoms in total. The minimum absolute atomic E-state index is 0.00521. The van der Waals surface area contributed by atoms with E-state index in [0.717, 1.165) is 79.3 Å². The number of amides is 4. The van der Waals surface area contributed by atoms with Crippen LogP contribution in [0.2, 0.25) is 0 Å². The summed E-state index contributed by atoms with van der Waals surface area (Å²) in [6.07, 6.45) is 20.8. The Hall–Kier alpha value is -12.0. The zero-order valence-electron chi connectivity index (χ0n) is 62.5. The van der Waals surface area contributed by atoms with Gasteiger partial charge in [0, 0.05) is 154 Å². The van der Waals surface area contributed by atoms with Gasteiger partial charge in [-0.15, -0.1) is 0 Å². The number of pyridine rings is 4. The molecule has 0 spiro atoms. The molecule has 33 heteroatoms. The van der Waals surface area contributed by atoms with E-state index in [1.165, 1.54) is 29.7 Å². The summed E-state index contributed by atoms with van der Waals surface area (Å²) in [5.74, 6) is -6.19. The average Bonchev–Trinajstić information content (AvgIpc) is 1.58. The number of nitrogens with zero attached hydrogens (tertiary/aromatic N) is 11. The van der Waals surface area contributed by atoms with Crippen molar-refractivity contribution in [2.45, 2.75) is 173 Å². The monoisotopic (exact) mass is 1520 g/mol. The van der Waals surface area contributed by atoms with Crippen molar-refractivity contribution in [1.82, 2.24) is 59.5 Å². The van der Waals surface area contributed by atoms with E-state index in [2.05, 4.69) is 68.1 Å². The van der Waals surface area contributed by atoms with Crippen molar-refractivity contribution >= 4 is 114 Å². The number of rotatable bonds is 20. The van der Waals surface area contributed by atoms with Crippen molar-refractivity contribution in [3.05, 3.63) is 96.1 Å². The van der Waals surface area contributed by atoms with Crippen LogP contribution in [0.5, 0.6) is 0 Å². The first-order valence-corrected chi connectivity index (χ1v) is 37.8. The number of nitrogens with one attached hydrogen (secondary N) is 8. The number of hydrogen-bond donors (Lipinski definition) is 8. The molecule has 3 aliphatic carbocycles. The van der Waals surface area contributed by atoms with Crippen LogP contribution >= 0.6 is 0 Å². The molecule has 4 aliphatic heterocycles. The summed E-state index contributed by atoms with van der Waals surface area (Å²) in [5, 5.41) is 43.3. The van der Waals surface area contributed by atoms with E-state index in [0.29, 0.717) is 132 Å². The van der Waals surface area contributed by atoms with Crippen molar-refractivity contribution in [3.63, 3.8) is 0 Å². The molecule has 111 heavy (non-hydrogen) atoms. The van der Waals surface area contributed by atoms with Crippen molar-refractivity contribution in [1.29, 1.82) is 15.8 Å². The van der Waals surface area contributed by atoms with Gasteiger partial charge in [-0.1, -0.05) is 13.8 Å². The van der Waals surface area contributed by atoms with Gasteiger partial charge >= 0.3 is 23.9 Å². The molecule has 12 heterocycles. The number of H-pyrrole nitrogens is 4. The van der Waals surface area contributed by atoms with Gasteiger partial charge in [-0.3, -0.25) is 19.2 Å². The highest BCUT2D eigenvalue weighted by Crippen LogP contribution is 2.50. The highest BCUT2D eigenvalue weighted by atomic mass is 19.3. The Bertz CT molecular complexity index is 4750. The molecule has 3 saturated carbocycles. The van der Waals surface area contributed by atoms with Gasteiger partial charge in [0.2, 0.25) is 23.6 Å². The predicted octanol–water partition coefficient (Wildman–Crippen LogP) is 10.1. The van der Waals surface area contributed by atoms with Gasteiger partial charge in [-0.25, -0.2) is 47.9 Å². The maximum Gasteiger partial charge on any atom is 0.342 e. The Morgan fingerprint density at radius 3 is 1.22 bits per heavy atom. The molecule has 0 radical (unpaired) electrons. The van der Waals surface area contributed by atoms with Crippen molar-refractivity contribution < 1.29 is 66.1 Å². The molecule has 0 aromatic carbocycles. The molecular formula is C78H91F2N19O12. The van der Waals surface area contributed by atoms with Gasteiger partial charge in [0.25, 0.3) is 5.92 Å². The fourth-order valence-electron chi connectivity index (χ4n) is 14.2. The zero-order valence-corrected chi connectivity index (χ0v) is 62.5. The summed E-state index contributed by atoms with van der Waals surface area (Å²) >= 11 is 0. The van der Waals surface area contributed by atoms with Crippen molar-refractivity contribution in [2.75, 3.05) is 80.2 Å². The van der Waals surface area contributed by atoms with E-state index in [4.69, 9.17) is 34.7 Å². The number of ether oxygens (including phenoxy) is 4. The molecule has 7 aliphatic rings. The third-order valence-corrected chi connectivity index (χ3v) is 20.7. The SMILES string of the molecule is CC(C)OC(=O)c1cnc2[nH]ccc2c1N[C@@H]1CCCN(C(=O)CC#N)C1.CCOC(=O)c1cnc2[nH]ccc2c1N[C@H]1CN(C(=O)[C@@H]2CC2(F)F)CC[C@H]1C.C[C@@H]1CCN(C(=O)CC#N)C[C@@H]1Nc1c(C(=O)OC2CC2)cnc2[nH]ccc12.N#CCC(=O)N1CCC[C@@H](Nc2c(C(=O)OC3CC3)cnc3[nH]ccc23)C1. The van der Waals surface area contributed by atoms with E-state index >= 15 is 0 Å². The van der Waals surface area contributed by atoms with Crippen LogP contribution in [0, 0.1) is 51.7 Å². The molecule has 8 aromatic heterocycles. The lowest BCUT2D eigenvalue weighted by atomic mass is 9.92. The Kier molecular flexibility index (Phi) is 24.9. The minimum Gasteiger partial charge on any atom is -0.462 e. The first-order valence-electron chi connectivity index (χ1n) is 37.8. The van der Waals surface area contributed by atoms with Gasteiger partial charge in [0.05, 0.1) is 53.7 Å². The maximum atomic E-state index is 13.4. The maximum absolute atomic E-state index is 13.4. The van der Waals surface area contributed by atoms with Crippen LogP contribution in [-0.4, -0.2) is 214 Å². The topological polar surface area (TPSA) is 421 Å². The predicted molar refractivity (Wildman–Crippen MR) is 403 cm³/mol. The summed E-state index contributed by atoms with van der Waals surface area (Å²) in [5.41, 5.74) is 6.78. The summed E-state index contributed by atoms with van der Waals surface area (Å²) in [6, 6.07) is 12.9. The molecule has 8 aromatic rings. The number of alkyl halides is 2. The van der Waals surface area contributed by atoms with Crippen molar-refractivity contribution in [3.8, 4) is 18.2 Å². The summed E-state index contributed by atoms with van der Waals surface area (Å²) in [6.45, 7) is 14.0. The van der Waals surface area contributed by atoms with Crippen molar-refractivity contribution in [2.24, 2.45) is 17.8 Å². The fourth-order valence-corrected chi connectivity index (χ4v) is 14.2. The van der Waals surface area contributed by atoms with Gasteiger partial charge < -0.3 is 79.8 Å². The van der Waals surface area contributed by atoms with Crippen LogP contribution in [0.3, 0.4) is 0 Å². The number of aromatic amines is 4. The molecule has 4 amide bonds. The Balaban J connectivity index is 0.000000138. The standard InChI is InChI=1S/C20H24F2N4O3.C20H23N5O3.C19H21N5O3.C19H23N5O3/c1-3-29-19(28)13-9-24-17-12(4-6-23-17)16(13)25-15-10-26(7-5-11(15)2)18(27)14-8-20(14,21)22;1-12-6-9-25(17(26)4-7-21)11-16(12)24-18-14-5-8-22-19(14)23-10-15(18)20(27)28-13-2-3-13;20-7-5-16(25)24-9-1-2-12(11-24)23-17-14-6-8-21-18(14)22-10-15(17)19(26)27-13-3-4-13;1-12(2)27-19(26)15-10-22-18-14(6-8-21-18)17(15)23-13-4-3-9-24(11-13)16(25)5-7-20/h4,6,9,11,14-15H,3,5,7-8,10H2,1-2H3,(H2,23,24,25);5,8,10,12-13,16H,2-4,6,9,11H2,1H3,(H2,22,23,24);6,8,10,12-13H,1-5,9,11H2,(H2,21,22,23);6,8,10,12-13H,3-5,9,11H2,1-2H3,(H2,21,22,23)/t11-,14+,15+;12-,16+;12-;13-/m1111/s1. The fraction of sp³-hybridized carbons (Fsp3) is 0.500. The third kappa shape index (κ3) is 19.2. The lowest BCUT2D eigenvalue weighted by Gasteiger charge is -2.38. The molecule has 7 fully saturated rings. The zero-order chi connectivity index (χ0) is 78.6. The van der Waals surface area contributed by atoms with Crippen LogP contribution in [0.15, 0.2) is 73.8 Å². The Morgan fingerprint density at radius 1 is 0.505 bits per heavy atom. The molecule has 7 atom stereocenters. The smallest absolute Gasteiger partial charge is 0.342 e. The number of aromatic nitrogens is 8. The number of anilines is 4. The number of carbonyl (C=O) groups excluding carboxylic acids is 8. The summed E-state index contributed by atoms with van der Waals surface area (Å²) in [7, 11) is 0. The summed E-state index contributed by atoms with van der Waals surface area (Å²) in [4.78, 5) is 135. The van der Waals surface area contributed by atoms with E-state index in [1.807, 2.05) is 49.4 Å². The van der Waals surface area contributed by atoms with E-state index in [1.54, 1.807) is 60.3 Å². The van der Waals surface area contributed by atoms with Gasteiger partial charge in [0.1, 0.15) is 82.2 Å². The van der Waals surface area contributed by atoms with Crippen LogP contribution in [0.1, 0.15) is 166 Å². The van der Waals surface area contributed by atoms with E-state index in [-0.39, 0.29) is 110 Å². The van der Waals surface area contributed by atoms with Crippen LogP contribution in [-0.2, 0) is 38.1 Å². The number of hydrogen-bond acceptors (Lipinski definition) is 23. The highest BCUT2D eigenvalue weighted by Gasteiger charge is 2.62. The second-order valence-electron chi connectivity index (χ2n) is 29.4. The second-order valence-corrected chi connectivity index (χ2v) is 29.4. The Morgan fingerprint density at radius 2 is 0.856 bits per heavy atom. The third-order valence-electron chi connectivity index (χ3n) is 20.7. The number of piperidine rings is 4. The van der Waals surface area contributed by atoms with Crippen LogP contribution in [0.25, 0.3) is 44.1 Å². The number of fused-ring (bicyclic) bond motifs is 4. The number of halogens is 2. The van der Waals surface area contributed by atoms with E-state index in [9.17, 15) is 47.1 Å². The molecule has 0 bridgehead atoms. The lowest BCUT2D eigenvalue weighted by molar-refractivity contribution is -0.136. The number of esters is 4. The van der Waals surface area contributed by atoms with Gasteiger partial charge in [-0.2, -0.15) is 15.8 Å². The average molecular weight is 1520 g/mol. The number of likely N-dealkylation sites (tertiary alicyclic amines) is 4. The first kappa shape index (κ1) is 78.6. The molecule has 8 N–H and O–H groups in total. The highest BCUT2D eigenvalue weighted by molar-refractivity contribution is 6.07. The minimum atomic E-state index is -2.87. The van der Waals surface area contributed by atoms with E-state index < -0.39 is 29.7 Å². The van der Waals surface area contributed by atoms with Gasteiger partial charge in [-0.05, 0) is 121 Å². The molecule has 15 rings (SSSR count). The summed E-state index contributed by atoms with van der Waals surface area (Å²) < 4.78 is 48.2. The Labute approximate surface area is 638 Å². The van der Waals surface area contributed by atoms with Crippen LogP contribution in [0.4, 0.5) is 31.5 Å².